The van der Waals surface area contributed by atoms with Crippen LogP contribution in [-0.4, -0.2) is 11.7 Å². The Morgan fingerprint density at radius 3 is 2.78 bits per heavy atom. The smallest absolute Gasteiger partial charge is 0.120 e. The summed E-state index contributed by atoms with van der Waals surface area (Å²) in [6, 6.07) is 4.12. The van der Waals surface area contributed by atoms with E-state index in [4.69, 9.17) is 0 Å². The number of aryl methyl sites for hydroxylation is 1. The Hall–Kier alpha value is -1.28. The Labute approximate surface area is 110 Å². The first-order valence-corrected chi connectivity index (χ1v) is 6.69. The number of allylic oxidation sites excluding steroid dienone is 1. The SMILES string of the molecule is CC(C)=CCNC1CC(C)c2c(C)ccc(O)c21. The highest BCUT2D eigenvalue weighted by molar-refractivity contribution is 5.50. The van der Waals surface area contributed by atoms with Gasteiger partial charge in [0.1, 0.15) is 5.75 Å². The molecule has 1 aromatic rings. The molecule has 0 saturated heterocycles. The molecule has 98 valence electrons. The first-order chi connectivity index (χ1) is 8.50. The highest BCUT2D eigenvalue weighted by Gasteiger charge is 2.31. The van der Waals surface area contributed by atoms with Crippen molar-refractivity contribution in [2.75, 3.05) is 6.54 Å². The van der Waals surface area contributed by atoms with Gasteiger partial charge >= 0.3 is 0 Å². The molecule has 1 aromatic carbocycles. The Bertz CT molecular complexity index is 472. The number of hydrogen-bond donors (Lipinski definition) is 2. The highest BCUT2D eigenvalue weighted by atomic mass is 16.3. The zero-order valence-corrected chi connectivity index (χ0v) is 11.7. The molecular weight excluding hydrogens is 222 g/mol. The van der Waals surface area contributed by atoms with Crippen molar-refractivity contribution in [3.8, 4) is 5.75 Å². The molecule has 0 spiro atoms. The van der Waals surface area contributed by atoms with E-state index in [2.05, 4.69) is 39.1 Å². The summed E-state index contributed by atoms with van der Waals surface area (Å²) >= 11 is 0. The molecule has 2 unspecified atom stereocenters. The highest BCUT2D eigenvalue weighted by Crippen LogP contribution is 2.45. The van der Waals surface area contributed by atoms with Crippen LogP contribution in [0.15, 0.2) is 23.8 Å². The van der Waals surface area contributed by atoms with Crippen LogP contribution >= 0.6 is 0 Å². The molecule has 0 saturated carbocycles. The van der Waals surface area contributed by atoms with E-state index in [0.717, 1.165) is 18.5 Å². The lowest BCUT2D eigenvalue weighted by Gasteiger charge is -2.14. The van der Waals surface area contributed by atoms with E-state index >= 15 is 0 Å². The molecule has 2 atom stereocenters. The van der Waals surface area contributed by atoms with Crippen LogP contribution in [0.5, 0.6) is 5.75 Å². The third kappa shape index (κ3) is 2.44. The van der Waals surface area contributed by atoms with E-state index in [-0.39, 0.29) is 6.04 Å². The number of aromatic hydroxyl groups is 1. The molecule has 2 N–H and O–H groups in total. The summed E-state index contributed by atoms with van der Waals surface area (Å²) < 4.78 is 0. The largest absolute Gasteiger partial charge is 0.508 e. The molecule has 0 bridgehead atoms. The Morgan fingerprint density at radius 2 is 2.11 bits per heavy atom. The lowest BCUT2D eigenvalue weighted by molar-refractivity contribution is 0.451. The van der Waals surface area contributed by atoms with Gasteiger partial charge in [-0.3, -0.25) is 0 Å². The average molecular weight is 245 g/mol. The first kappa shape index (κ1) is 13.2. The van der Waals surface area contributed by atoms with Crippen LogP contribution in [0.3, 0.4) is 0 Å². The van der Waals surface area contributed by atoms with Crippen molar-refractivity contribution in [1.82, 2.24) is 5.32 Å². The van der Waals surface area contributed by atoms with Crippen LogP contribution in [0.1, 0.15) is 55.8 Å². The third-order valence-corrected chi connectivity index (χ3v) is 3.79. The fourth-order valence-corrected chi connectivity index (χ4v) is 2.93. The normalized spacial score (nSPS) is 21.8. The molecule has 1 aliphatic carbocycles. The van der Waals surface area contributed by atoms with E-state index in [1.165, 1.54) is 16.7 Å². The lowest BCUT2D eigenvalue weighted by Crippen LogP contribution is -2.19. The van der Waals surface area contributed by atoms with Crippen molar-refractivity contribution in [1.29, 1.82) is 0 Å². The molecule has 18 heavy (non-hydrogen) atoms. The molecule has 2 rings (SSSR count). The summed E-state index contributed by atoms with van der Waals surface area (Å²) in [4.78, 5) is 0. The van der Waals surface area contributed by atoms with Gasteiger partial charge in [0.05, 0.1) is 0 Å². The summed E-state index contributed by atoms with van der Waals surface area (Å²) in [5.74, 6) is 0.964. The summed E-state index contributed by atoms with van der Waals surface area (Å²) in [6.07, 6.45) is 3.26. The molecule has 0 heterocycles. The molecule has 0 radical (unpaired) electrons. The standard InChI is InChI=1S/C16H23NO/c1-10(2)7-8-17-13-9-12(4)15-11(3)5-6-14(18)16(13)15/h5-7,12-13,17-18H,8-9H2,1-4H3. The van der Waals surface area contributed by atoms with Crippen molar-refractivity contribution in [2.24, 2.45) is 0 Å². The van der Waals surface area contributed by atoms with E-state index < -0.39 is 0 Å². The van der Waals surface area contributed by atoms with Gasteiger partial charge in [-0.05, 0) is 50.3 Å². The predicted molar refractivity (Wildman–Crippen MR) is 76.1 cm³/mol. The van der Waals surface area contributed by atoms with Crippen molar-refractivity contribution in [3.63, 3.8) is 0 Å². The number of nitrogens with one attached hydrogen (secondary N) is 1. The second-order valence-electron chi connectivity index (χ2n) is 5.61. The van der Waals surface area contributed by atoms with Crippen molar-refractivity contribution >= 4 is 0 Å². The van der Waals surface area contributed by atoms with Gasteiger partial charge < -0.3 is 10.4 Å². The second kappa shape index (κ2) is 5.15. The predicted octanol–water partition coefficient (Wildman–Crippen LogP) is 3.80. The van der Waals surface area contributed by atoms with Crippen molar-refractivity contribution in [3.05, 3.63) is 40.5 Å². The number of rotatable bonds is 3. The van der Waals surface area contributed by atoms with Gasteiger partial charge in [0, 0.05) is 18.2 Å². The minimum atomic E-state index is 0.283. The lowest BCUT2D eigenvalue weighted by atomic mass is 9.97. The van der Waals surface area contributed by atoms with Crippen LogP contribution in [0, 0.1) is 6.92 Å². The summed E-state index contributed by atoms with van der Waals surface area (Å²) in [7, 11) is 0. The van der Waals surface area contributed by atoms with Crippen LogP contribution in [0.25, 0.3) is 0 Å². The fourth-order valence-electron chi connectivity index (χ4n) is 2.93. The summed E-state index contributed by atoms with van der Waals surface area (Å²) in [5.41, 5.74) is 5.07. The minimum Gasteiger partial charge on any atom is -0.508 e. The number of benzene rings is 1. The molecule has 1 aliphatic rings. The van der Waals surface area contributed by atoms with Crippen LogP contribution < -0.4 is 5.32 Å². The topological polar surface area (TPSA) is 32.3 Å². The molecule has 2 heteroatoms. The molecule has 0 amide bonds. The maximum absolute atomic E-state index is 10.1. The Kier molecular flexibility index (Phi) is 3.76. The molecule has 2 nitrogen and oxygen atoms in total. The van der Waals surface area contributed by atoms with Gasteiger partial charge in [-0.15, -0.1) is 0 Å². The fraction of sp³-hybridized carbons (Fsp3) is 0.500. The molecular formula is C16H23NO. The Balaban J connectivity index is 2.24. The van der Waals surface area contributed by atoms with Gasteiger partial charge in [-0.1, -0.05) is 24.6 Å². The van der Waals surface area contributed by atoms with E-state index in [1.54, 1.807) is 0 Å². The molecule has 0 aliphatic heterocycles. The van der Waals surface area contributed by atoms with Crippen molar-refractivity contribution < 1.29 is 5.11 Å². The van der Waals surface area contributed by atoms with Gasteiger partial charge in [-0.2, -0.15) is 0 Å². The van der Waals surface area contributed by atoms with Gasteiger partial charge in [0.2, 0.25) is 0 Å². The summed E-state index contributed by atoms with van der Waals surface area (Å²) in [6.45, 7) is 9.46. The first-order valence-electron chi connectivity index (χ1n) is 6.69. The van der Waals surface area contributed by atoms with E-state index in [9.17, 15) is 5.11 Å². The van der Waals surface area contributed by atoms with E-state index in [1.807, 2.05) is 12.1 Å². The number of fused-ring (bicyclic) bond motifs is 1. The molecule has 0 fully saturated rings. The average Bonchev–Trinajstić information content (AvgIpc) is 2.62. The quantitative estimate of drug-likeness (QED) is 0.794. The second-order valence-corrected chi connectivity index (χ2v) is 5.61. The zero-order chi connectivity index (χ0) is 13.3. The summed E-state index contributed by atoms with van der Waals surface area (Å²) in [5, 5.41) is 13.6. The Morgan fingerprint density at radius 1 is 1.39 bits per heavy atom. The van der Waals surface area contributed by atoms with Gasteiger partial charge in [0.25, 0.3) is 0 Å². The van der Waals surface area contributed by atoms with Crippen molar-refractivity contribution in [2.45, 2.75) is 46.1 Å². The number of hydrogen-bond acceptors (Lipinski definition) is 2. The third-order valence-electron chi connectivity index (χ3n) is 3.79. The minimum absolute atomic E-state index is 0.283. The van der Waals surface area contributed by atoms with Crippen LogP contribution in [0.2, 0.25) is 0 Å². The zero-order valence-electron chi connectivity index (χ0n) is 11.7. The van der Waals surface area contributed by atoms with Gasteiger partial charge in [-0.25, -0.2) is 0 Å². The van der Waals surface area contributed by atoms with E-state index in [0.29, 0.717) is 11.7 Å². The maximum Gasteiger partial charge on any atom is 0.120 e. The van der Waals surface area contributed by atoms with Crippen LogP contribution in [0.4, 0.5) is 0 Å². The van der Waals surface area contributed by atoms with Crippen LogP contribution in [-0.2, 0) is 0 Å². The monoisotopic (exact) mass is 245 g/mol. The number of phenols is 1. The number of phenolic OH excluding ortho intramolecular Hbond substituents is 1. The molecule has 0 aromatic heterocycles. The van der Waals surface area contributed by atoms with Gasteiger partial charge in [0.15, 0.2) is 0 Å². The maximum atomic E-state index is 10.1.